The van der Waals surface area contributed by atoms with E-state index in [-0.39, 0.29) is 17.8 Å². The zero-order chi connectivity index (χ0) is 19.4. The maximum Gasteiger partial charge on any atom is 0.409 e. The summed E-state index contributed by atoms with van der Waals surface area (Å²) in [5.41, 5.74) is 0.178. The summed E-state index contributed by atoms with van der Waals surface area (Å²) in [6.45, 7) is 3.21. The summed E-state index contributed by atoms with van der Waals surface area (Å²) in [5, 5.41) is 6.16. The molecular weight excluding hydrogens is 350 g/mol. The lowest BCUT2D eigenvalue weighted by molar-refractivity contribution is 0.0983. The summed E-state index contributed by atoms with van der Waals surface area (Å²) in [5.74, 6) is 0.652. The van der Waals surface area contributed by atoms with Crippen molar-refractivity contribution in [3.63, 3.8) is 0 Å². The molecule has 0 saturated carbocycles. The third kappa shape index (κ3) is 4.05. The van der Waals surface area contributed by atoms with E-state index >= 15 is 0 Å². The average Bonchev–Trinajstić information content (AvgIpc) is 2.71. The van der Waals surface area contributed by atoms with Gasteiger partial charge in [-0.05, 0) is 31.9 Å². The van der Waals surface area contributed by atoms with E-state index in [1.54, 1.807) is 43.2 Å². The number of likely N-dealkylation sites (tertiary alicyclic amines) is 1. The minimum Gasteiger partial charge on any atom is -0.497 e. The quantitative estimate of drug-likeness (QED) is 0.748. The van der Waals surface area contributed by atoms with Crippen molar-refractivity contribution in [2.24, 2.45) is 0 Å². The fourth-order valence-corrected chi connectivity index (χ4v) is 3.12. The van der Waals surface area contributed by atoms with Crippen LogP contribution in [0, 0.1) is 0 Å². The van der Waals surface area contributed by atoms with Crippen molar-refractivity contribution in [3.05, 3.63) is 44.7 Å². The Hall–Kier alpha value is -3.03. The number of rotatable bonds is 6. The number of carbonyl (C=O) groups excluding carboxylic acids is 1. The molecule has 0 bridgehead atoms. The lowest BCUT2D eigenvalue weighted by Crippen LogP contribution is -2.45. The van der Waals surface area contributed by atoms with Gasteiger partial charge in [0.25, 0.3) is 10.9 Å². The summed E-state index contributed by atoms with van der Waals surface area (Å²) in [6.07, 6.45) is 1.04. The first-order valence-electron chi connectivity index (χ1n) is 8.96. The highest BCUT2D eigenvalue weighted by Gasteiger charge is 2.27. The second kappa shape index (κ2) is 8.11. The molecular formula is C19H23N3O5. The molecule has 0 unspecified atom stereocenters. The molecule has 8 nitrogen and oxygen atoms in total. The summed E-state index contributed by atoms with van der Waals surface area (Å²) < 4.78 is 10.2. The average molecular weight is 373 g/mol. The SMILES string of the molecule is CCOC(=O)N1CCC(Nc2c(Nc3cccc(OC)c3)c(=O)c2=O)CC1. The van der Waals surface area contributed by atoms with E-state index in [4.69, 9.17) is 9.47 Å². The zero-order valence-corrected chi connectivity index (χ0v) is 15.4. The van der Waals surface area contributed by atoms with Crippen LogP contribution in [0.15, 0.2) is 33.9 Å². The molecule has 2 aromatic rings. The Morgan fingerprint density at radius 2 is 1.89 bits per heavy atom. The number of ether oxygens (including phenoxy) is 2. The molecule has 0 aliphatic carbocycles. The van der Waals surface area contributed by atoms with E-state index in [0.29, 0.717) is 49.7 Å². The van der Waals surface area contributed by atoms with E-state index in [2.05, 4.69) is 10.6 Å². The van der Waals surface area contributed by atoms with E-state index in [9.17, 15) is 14.4 Å². The number of anilines is 3. The van der Waals surface area contributed by atoms with Crippen LogP contribution in [0.5, 0.6) is 5.75 Å². The molecule has 0 atom stereocenters. The van der Waals surface area contributed by atoms with Crippen LogP contribution in [-0.4, -0.2) is 43.8 Å². The maximum absolute atomic E-state index is 12.0. The molecule has 2 aromatic carbocycles. The standard InChI is InChI=1S/C19H23N3O5/c1-3-27-19(25)22-9-7-12(8-10-22)20-15-16(18(24)17(15)23)21-13-5-4-6-14(11-13)26-2/h4-6,11-12,20-21H,3,7-10H2,1-2H3. The topological polar surface area (TPSA) is 97.0 Å². The van der Waals surface area contributed by atoms with E-state index in [1.165, 1.54) is 0 Å². The highest BCUT2D eigenvalue weighted by atomic mass is 16.6. The lowest BCUT2D eigenvalue weighted by atomic mass is 10.0. The number of nitrogens with one attached hydrogen (secondary N) is 2. The third-order valence-electron chi connectivity index (χ3n) is 4.62. The Morgan fingerprint density at radius 3 is 2.56 bits per heavy atom. The van der Waals surface area contributed by atoms with Crippen LogP contribution in [-0.2, 0) is 4.74 Å². The van der Waals surface area contributed by atoms with Crippen LogP contribution in [0.3, 0.4) is 0 Å². The molecule has 144 valence electrons. The van der Waals surface area contributed by atoms with Crippen molar-refractivity contribution < 1.29 is 14.3 Å². The van der Waals surface area contributed by atoms with E-state index in [0.717, 1.165) is 0 Å². The molecule has 1 aliphatic heterocycles. The number of methoxy groups -OCH3 is 1. The van der Waals surface area contributed by atoms with Gasteiger partial charge in [0, 0.05) is 30.9 Å². The largest absolute Gasteiger partial charge is 0.497 e. The van der Waals surface area contributed by atoms with E-state index < -0.39 is 10.9 Å². The highest BCUT2D eigenvalue weighted by molar-refractivity contribution is 5.79. The molecule has 1 fully saturated rings. The highest BCUT2D eigenvalue weighted by Crippen LogP contribution is 2.25. The van der Waals surface area contributed by atoms with Gasteiger partial charge in [-0.2, -0.15) is 0 Å². The number of hydrogen-bond acceptors (Lipinski definition) is 7. The van der Waals surface area contributed by atoms with Gasteiger partial charge in [0.1, 0.15) is 17.1 Å². The third-order valence-corrected chi connectivity index (χ3v) is 4.62. The van der Waals surface area contributed by atoms with Gasteiger partial charge in [-0.3, -0.25) is 9.59 Å². The maximum atomic E-state index is 12.0. The van der Waals surface area contributed by atoms with Crippen LogP contribution in [0.2, 0.25) is 0 Å². The molecule has 1 amide bonds. The lowest BCUT2D eigenvalue weighted by Gasteiger charge is -2.32. The Balaban J connectivity index is 1.64. The summed E-state index contributed by atoms with van der Waals surface area (Å²) in [4.78, 5) is 37.4. The van der Waals surface area contributed by atoms with Gasteiger partial charge in [-0.25, -0.2) is 4.79 Å². The fourth-order valence-electron chi connectivity index (χ4n) is 3.12. The molecule has 1 heterocycles. The number of piperidine rings is 1. The molecule has 8 heteroatoms. The van der Waals surface area contributed by atoms with Crippen LogP contribution in [0.4, 0.5) is 21.9 Å². The van der Waals surface area contributed by atoms with Crippen molar-refractivity contribution in [3.8, 4) is 5.75 Å². The number of benzene rings is 1. The van der Waals surface area contributed by atoms with Gasteiger partial charge in [0.15, 0.2) is 0 Å². The van der Waals surface area contributed by atoms with Crippen LogP contribution < -0.4 is 26.2 Å². The Bertz CT molecular complexity index is 880. The molecule has 3 rings (SSSR count). The van der Waals surface area contributed by atoms with Crippen molar-refractivity contribution in [1.82, 2.24) is 4.90 Å². The molecule has 1 saturated heterocycles. The first-order valence-corrected chi connectivity index (χ1v) is 8.96. The second-order valence-electron chi connectivity index (χ2n) is 6.37. The second-order valence-corrected chi connectivity index (χ2v) is 6.37. The number of hydrogen-bond donors (Lipinski definition) is 2. The normalized spacial score (nSPS) is 14.8. The van der Waals surface area contributed by atoms with Gasteiger partial charge in [0.2, 0.25) is 0 Å². The number of carbonyl (C=O) groups is 1. The van der Waals surface area contributed by atoms with Gasteiger partial charge in [-0.1, -0.05) is 6.07 Å². The Labute approximate surface area is 156 Å². The summed E-state index contributed by atoms with van der Waals surface area (Å²) in [6, 6.07) is 7.15. The first kappa shape index (κ1) is 18.8. The summed E-state index contributed by atoms with van der Waals surface area (Å²) >= 11 is 0. The first-order chi connectivity index (χ1) is 13.0. The molecule has 2 N–H and O–H groups in total. The van der Waals surface area contributed by atoms with Crippen molar-refractivity contribution in [2.45, 2.75) is 25.8 Å². The number of nitrogens with zero attached hydrogens (tertiary/aromatic N) is 1. The zero-order valence-electron chi connectivity index (χ0n) is 15.4. The monoisotopic (exact) mass is 373 g/mol. The number of amides is 1. The molecule has 0 aromatic heterocycles. The summed E-state index contributed by atoms with van der Waals surface area (Å²) in [7, 11) is 1.56. The van der Waals surface area contributed by atoms with Crippen LogP contribution in [0.1, 0.15) is 19.8 Å². The van der Waals surface area contributed by atoms with Crippen molar-refractivity contribution in [2.75, 3.05) is 37.4 Å². The van der Waals surface area contributed by atoms with Crippen LogP contribution in [0.25, 0.3) is 0 Å². The van der Waals surface area contributed by atoms with Crippen molar-refractivity contribution in [1.29, 1.82) is 0 Å². The predicted octanol–water partition coefficient (Wildman–Crippen LogP) is 2.07. The Morgan fingerprint density at radius 1 is 1.19 bits per heavy atom. The van der Waals surface area contributed by atoms with Crippen molar-refractivity contribution >= 4 is 23.2 Å². The van der Waals surface area contributed by atoms with Gasteiger partial charge < -0.3 is 25.0 Å². The Kier molecular flexibility index (Phi) is 5.63. The smallest absolute Gasteiger partial charge is 0.409 e. The molecule has 1 aliphatic rings. The fraction of sp³-hybridized carbons (Fsp3) is 0.421. The minimum absolute atomic E-state index is 0.0184. The predicted molar refractivity (Wildman–Crippen MR) is 103 cm³/mol. The van der Waals surface area contributed by atoms with Gasteiger partial charge >= 0.3 is 6.09 Å². The van der Waals surface area contributed by atoms with E-state index in [1.807, 2.05) is 0 Å². The van der Waals surface area contributed by atoms with Gasteiger partial charge in [-0.15, -0.1) is 0 Å². The minimum atomic E-state index is -0.538. The molecule has 27 heavy (non-hydrogen) atoms. The van der Waals surface area contributed by atoms with Crippen LogP contribution >= 0.6 is 0 Å². The van der Waals surface area contributed by atoms with Gasteiger partial charge in [0.05, 0.1) is 13.7 Å². The molecule has 0 spiro atoms. The molecule has 0 radical (unpaired) electrons.